The maximum absolute atomic E-state index is 13.8. The van der Waals surface area contributed by atoms with Gasteiger partial charge in [-0.3, -0.25) is 19.2 Å². The summed E-state index contributed by atoms with van der Waals surface area (Å²) in [5.74, 6) is -0.538. The van der Waals surface area contributed by atoms with E-state index in [-0.39, 0.29) is 35.1 Å². The fourth-order valence-corrected chi connectivity index (χ4v) is 7.19. The van der Waals surface area contributed by atoms with Crippen molar-refractivity contribution < 1.29 is 23.9 Å². The Morgan fingerprint density at radius 3 is 2.52 bits per heavy atom. The molecule has 0 spiro atoms. The van der Waals surface area contributed by atoms with E-state index in [1.165, 1.54) is 11.3 Å². The summed E-state index contributed by atoms with van der Waals surface area (Å²) in [5, 5.41) is 7.90. The molecule has 1 aliphatic heterocycles. The third-order valence-electron chi connectivity index (χ3n) is 7.55. The predicted molar refractivity (Wildman–Crippen MR) is 172 cm³/mol. The first-order valence-electron chi connectivity index (χ1n) is 14.9. The van der Waals surface area contributed by atoms with E-state index < -0.39 is 12.1 Å². The van der Waals surface area contributed by atoms with Gasteiger partial charge < -0.3 is 26.0 Å². The van der Waals surface area contributed by atoms with E-state index >= 15 is 0 Å². The minimum atomic E-state index is -0.909. The van der Waals surface area contributed by atoms with Crippen LogP contribution >= 0.6 is 23.1 Å². The zero-order chi connectivity index (χ0) is 31.1. The summed E-state index contributed by atoms with van der Waals surface area (Å²) in [4.78, 5) is 57.6. The van der Waals surface area contributed by atoms with E-state index in [0.717, 1.165) is 18.4 Å². The normalized spacial score (nSPS) is 18.5. The number of thiazole rings is 1. The molecule has 2 aromatic carbocycles. The van der Waals surface area contributed by atoms with Crippen molar-refractivity contribution in [2.45, 2.75) is 68.9 Å². The van der Waals surface area contributed by atoms with Crippen molar-refractivity contribution in [3.63, 3.8) is 0 Å². The van der Waals surface area contributed by atoms with Crippen LogP contribution in [0.5, 0.6) is 0 Å². The number of hydrogen-bond donors (Lipinski definition) is 3. The number of aromatic nitrogens is 1. The average molecular weight is 636 g/mol. The van der Waals surface area contributed by atoms with Crippen LogP contribution in [0.3, 0.4) is 0 Å². The first-order valence-corrected chi connectivity index (χ1v) is 16.8. The number of nitrogens with one attached hydrogen (secondary N) is 2. The molecule has 3 atom stereocenters. The zero-order valence-electron chi connectivity index (χ0n) is 24.6. The van der Waals surface area contributed by atoms with Gasteiger partial charge in [0, 0.05) is 34.7 Å². The standard InChI is InChI=1S/C32H37N5O5S2/c1-2-42-27(38)11-7-6-10-26-37(31(41)28(33)21-8-4-3-5-9-21)25(19-43-26)30(40)36-32-35-24(18-44-32)20-12-14-22(15-13-20)29(39)34-23-16-17-23/h3-5,8-9,12-15,18,23,25-26,28H,2,6-7,10-11,16-17,19,33H2,1H3,(H,34,39)(H,35,36,40)/t25-,26?,28+/m0/s1. The maximum atomic E-state index is 13.8. The lowest BCUT2D eigenvalue weighted by Crippen LogP contribution is -2.50. The number of thioether (sulfide) groups is 1. The summed E-state index contributed by atoms with van der Waals surface area (Å²) in [6.07, 6.45) is 4.33. The third kappa shape index (κ3) is 8.04. The molecule has 0 radical (unpaired) electrons. The molecule has 3 amide bonds. The van der Waals surface area contributed by atoms with Gasteiger partial charge in [0.15, 0.2) is 5.13 Å². The first-order chi connectivity index (χ1) is 21.3. The molecular weight excluding hydrogens is 599 g/mol. The Morgan fingerprint density at radius 2 is 1.82 bits per heavy atom. The van der Waals surface area contributed by atoms with Gasteiger partial charge in [0.05, 0.1) is 17.7 Å². The Hall–Kier alpha value is -3.74. The van der Waals surface area contributed by atoms with Crippen molar-refractivity contribution in [3.05, 3.63) is 71.1 Å². The average Bonchev–Trinajstić information content (AvgIpc) is 3.55. The van der Waals surface area contributed by atoms with Crippen LogP contribution in [0.25, 0.3) is 11.3 Å². The highest BCUT2D eigenvalue weighted by atomic mass is 32.2. The number of nitrogens with zero attached hydrogens (tertiary/aromatic N) is 2. The van der Waals surface area contributed by atoms with Gasteiger partial charge in [-0.05, 0) is 56.7 Å². The third-order valence-corrected chi connectivity index (χ3v) is 9.66. The highest BCUT2D eigenvalue weighted by Gasteiger charge is 2.43. The number of unbranched alkanes of at least 4 members (excludes halogenated alkanes) is 1. The van der Waals surface area contributed by atoms with Crippen LogP contribution in [0, 0.1) is 0 Å². The molecule has 5 rings (SSSR count). The van der Waals surface area contributed by atoms with E-state index in [2.05, 4.69) is 15.6 Å². The van der Waals surface area contributed by atoms with Crippen molar-refractivity contribution in [1.82, 2.24) is 15.2 Å². The number of amides is 3. The van der Waals surface area contributed by atoms with E-state index in [1.807, 2.05) is 35.7 Å². The second-order valence-electron chi connectivity index (χ2n) is 10.8. The number of anilines is 1. The van der Waals surface area contributed by atoms with Gasteiger partial charge in [-0.1, -0.05) is 42.5 Å². The fourth-order valence-electron chi connectivity index (χ4n) is 5.01. The number of hydrogen-bond acceptors (Lipinski definition) is 9. The molecule has 2 heterocycles. The van der Waals surface area contributed by atoms with Gasteiger partial charge in [-0.2, -0.15) is 0 Å². The number of rotatable bonds is 13. The molecule has 1 unspecified atom stereocenters. The minimum absolute atomic E-state index is 0.0805. The summed E-state index contributed by atoms with van der Waals surface area (Å²) in [7, 11) is 0. The van der Waals surface area contributed by atoms with Crippen LogP contribution < -0.4 is 16.4 Å². The maximum Gasteiger partial charge on any atom is 0.305 e. The lowest BCUT2D eigenvalue weighted by Gasteiger charge is -2.31. The highest BCUT2D eigenvalue weighted by molar-refractivity contribution is 8.00. The van der Waals surface area contributed by atoms with Crippen LogP contribution in [0.1, 0.15) is 67.4 Å². The van der Waals surface area contributed by atoms with Crippen molar-refractivity contribution in [3.8, 4) is 11.3 Å². The molecule has 44 heavy (non-hydrogen) atoms. The summed E-state index contributed by atoms with van der Waals surface area (Å²) in [6, 6.07) is 15.0. The van der Waals surface area contributed by atoms with Crippen molar-refractivity contribution >= 4 is 51.9 Å². The first kappa shape index (κ1) is 31.7. The molecule has 232 valence electrons. The van der Waals surface area contributed by atoms with Crippen molar-refractivity contribution in [1.29, 1.82) is 0 Å². The Bertz CT molecular complexity index is 1460. The van der Waals surface area contributed by atoms with Crippen molar-refractivity contribution in [2.75, 3.05) is 17.7 Å². The lowest BCUT2D eigenvalue weighted by atomic mass is 10.0. The van der Waals surface area contributed by atoms with Crippen LogP contribution in [-0.2, 0) is 19.1 Å². The van der Waals surface area contributed by atoms with Gasteiger partial charge in [-0.15, -0.1) is 23.1 Å². The molecule has 2 aliphatic rings. The minimum Gasteiger partial charge on any atom is -0.466 e. The van der Waals surface area contributed by atoms with Crippen LogP contribution in [-0.4, -0.2) is 63.4 Å². The molecule has 12 heteroatoms. The van der Waals surface area contributed by atoms with E-state index in [9.17, 15) is 19.2 Å². The smallest absolute Gasteiger partial charge is 0.305 e. The molecule has 4 N–H and O–H groups in total. The number of benzene rings is 2. The summed E-state index contributed by atoms with van der Waals surface area (Å²) in [6.45, 7) is 2.12. The Balaban J connectivity index is 1.25. The zero-order valence-corrected chi connectivity index (χ0v) is 26.2. The quantitative estimate of drug-likeness (QED) is 0.181. The molecule has 10 nitrogen and oxygen atoms in total. The monoisotopic (exact) mass is 635 g/mol. The molecule has 1 saturated heterocycles. The number of ether oxygens (including phenoxy) is 1. The summed E-state index contributed by atoms with van der Waals surface area (Å²) >= 11 is 2.84. The van der Waals surface area contributed by atoms with E-state index in [0.29, 0.717) is 60.0 Å². The molecule has 1 aliphatic carbocycles. The van der Waals surface area contributed by atoms with Gasteiger partial charge in [-0.25, -0.2) is 4.98 Å². The molecule has 0 bridgehead atoms. The number of esters is 1. The van der Waals surface area contributed by atoms with Gasteiger partial charge in [0.1, 0.15) is 12.1 Å². The SMILES string of the molecule is CCOC(=O)CCCCC1SC[C@@H](C(=O)Nc2nc(-c3ccc(C(=O)NC4CC4)cc3)cs2)N1C(=O)[C@H](N)c1ccccc1. The van der Waals surface area contributed by atoms with Crippen molar-refractivity contribution in [2.24, 2.45) is 5.73 Å². The van der Waals surface area contributed by atoms with E-state index in [4.69, 9.17) is 10.5 Å². The second-order valence-corrected chi connectivity index (χ2v) is 12.9. The van der Waals surface area contributed by atoms with Crippen LogP contribution in [0.15, 0.2) is 60.0 Å². The van der Waals surface area contributed by atoms with Crippen LogP contribution in [0.2, 0.25) is 0 Å². The summed E-state index contributed by atoms with van der Waals surface area (Å²) in [5.41, 5.74) is 9.20. The largest absolute Gasteiger partial charge is 0.466 e. The van der Waals surface area contributed by atoms with Gasteiger partial charge in [0.25, 0.3) is 5.91 Å². The fraction of sp³-hybridized carbons (Fsp3) is 0.406. The molecule has 1 saturated carbocycles. The van der Waals surface area contributed by atoms with E-state index in [1.54, 1.807) is 47.9 Å². The topological polar surface area (TPSA) is 144 Å². The second kappa shape index (κ2) is 14.8. The van der Waals surface area contributed by atoms with Crippen LogP contribution in [0.4, 0.5) is 5.13 Å². The summed E-state index contributed by atoms with van der Waals surface area (Å²) < 4.78 is 5.02. The van der Waals surface area contributed by atoms with Gasteiger partial charge >= 0.3 is 5.97 Å². The lowest BCUT2D eigenvalue weighted by molar-refractivity contribution is -0.143. The molecule has 3 aromatic rings. The van der Waals surface area contributed by atoms with Gasteiger partial charge in [0.2, 0.25) is 11.8 Å². The number of carbonyl (C=O) groups is 4. The Kier molecular flexibility index (Phi) is 10.7. The highest BCUT2D eigenvalue weighted by Crippen LogP contribution is 2.36. The molecular formula is C32H37N5O5S2. The number of nitrogens with two attached hydrogens (primary N) is 1. The molecule has 2 fully saturated rings. The Morgan fingerprint density at radius 1 is 1.07 bits per heavy atom. The Labute approximate surface area is 265 Å². The number of carbonyl (C=O) groups excluding carboxylic acids is 4. The molecule has 1 aromatic heterocycles. The predicted octanol–water partition coefficient (Wildman–Crippen LogP) is 4.73.